The summed E-state index contributed by atoms with van der Waals surface area (Å²) in [6, 6.07) is 0.102. The second-order valence-corrected chi connectivity index (χ2v) is 2.91. The molecule has 0 saturated carbocycles. The van der Waals surface area contributed by atoms with Crippen LogP contribution >= 0.6 is 0 Å². The summed E-state index contributed by atoms with van der Waals surface area (Å²) in [6.45, 7) is 4.36. The fourth-order valence-electron chi connectivity index (χ4n) is 0.878. The zero-order chi connectivity index (χ0) is 8.69. The van der Waals surface area contributed by atoms with E-state index >= 15 is 0 Å². The molecule has 0 aliphatic heterocycles. The Kier molecular flexibility index (Phi) is 5.63. The van der Waals surface area contributed by atoms with Gasteiger partial charge in [0.05, 0.1) is 0 Å². The van der Waals surface area contributed by atoms with Gasteiger partial charge >= 0.3 is 0 Å². The van der Waals surface area contributed by atoms with Crippen molar-refractivity contribution in [1.29, 1.82) is 0 Å². The molecule has 0 heterocycles. The van der Waals surface area contributed by atoms with Crippen molar-refractivity contribution in [3.63, 3.8) is 0 Å². The van der Waals surface area contributed by atoms with Gasteiger partial charge in [-0.05, 0) is 18.4 Å². The van der Waals surface area contributed by atoms with Crippen LogP contribution in [0.5, 0.6) is 0 Å². The lowest BCUT2D eigenvalue weighted by atomic mass is 10.00. The Labute approximate surface area is 69.0 Å². The maximum absolute atomic E-state index is 5.74. The van der Waals surface area contributed by atoms with E-state index in [9.17, 15) is 0 Å². The van der Waals surface area contributed by atoms with E-state index in [1.165, 1.54) is 12.6 Å². The summed E-state index contributed by atoms with van der Waals surface area (Å²) in [6.07, 6.45) is 5.38. The summed E-state index contributed by atoms with van der Waals surface area (Å²) in [5.74, 6) is 0.681. The van der Waals surface area contributed by atoms with E-state index in [2.05, 4.69) is 19.6 Å². The maximum atomic E-state index is 5.74. The molecule has 0 amide bonds. The van der Waals surface area contributed by atoms with Gasteiger partial charge in [-0.1, -0.05) is 20.3 Å². The van der Waals surface area contributed by atoms with E-state index in [1.54, 1.807) is 0 Å². The molecule has 64 valence electrons. The fourth-order valence-corrected chi connectivity index (χ4v) is 0.878. The molecule has 0 aliphatic carbocycles. The second-order valence-electron chi connectivity index (χ2n) is 2.91. The van der Waals surface area contributed by atoms with E-state index in [0.29, 0.717) is 5.92 Å². The minimum Gasteiger partial charge on any atom is -0.398 e. The monoisotopic (exact) mass is 154 g/mol. The summed E-state index contributed by atoms with van der Waals surface area (Å²) in [5.41, 5.74) is 13.6. The van der Waals surface area contributed by atoms with Gasteiger partial charge in [0.25, 0.3) is 0 Å². The highest BCUT2D eigenvalue weighted by Gasteiger charge is 2.02. The van der Waals surface area contributed by atoms with Gasteiger partial charge in [0.15, 0.2) is 0 Å². The van der Waals surface area contributed by atoms with Crippen LogP contribution in [0.1, 0.15) is 26.7 Å². The summed E-state index contributed by atoms with van der Waals surface area (Å²) in [7, 11) is 0. The molecule has 0 bridgehead atoms. The van der Waals surface area contributed by atoms with Crippen LogP contribution in [-0.4, -0.2) is 6.04 Å². The van der Waals surface area contributed by atoms with Crippen molar-refractivity contribution in [3.8, 4) is 0 Å². The van der Waals surface area contributed by atoms with E-state index < -0.39 is 0 Å². The molecular formula is C9H18N2. The molecular weight excluding hydrogens is 136 g/mol. The van der Waals surface area contributed by atoms with Crippen LogP contribution in [0.15, 0.2) is 18.0 Å². The van der Waals surface area contributed by atoms with Gasteiger partial charge < -0.3 is 11.5 Å². The highest BCUT2D eigenvalue weighted by atomic mass is 14.6. The lowest BCUT2D eigenvalue weighted by Gasteiger charge is -2.10. The van der Waals surface area contributed by atoms with Crippen molar-refractivity contribution < 1.29 is 0 Å². The minimum atomic E-state index is 0.102. The van der Waals surface area contributed by atoms with Gasteiger partial charge in [-0.25, -0.2) is 0 Å². The molecule has 2 nitrogen and oxygen atoms in total. The molecule has 0 aromatic heterocycles. The highest BCUT2D eigenvalue weighted by Crippen LogP contribution is 2.08. The SMILES string of the molecule is CCC(C)CC(N)C=C=CN. The van der Waals surface area contributed by atoms with Crippen LogP contribution in [0.25, 0.3) is 0 Å². The Morgan fingerprint density at radius 2 is 2.18 bits per heavy atom. The van der Waals surface area contributed by atoms with Crippen molar-refractivity contribution in [2.75, 3.05) is 0 Å². The summed E-state index contributed by atoms with van der Waals surface area (Å²) >= 11 is 0. The third-order valence-corrected chi connectivity index (χ3v) is 1.78. The van der Waals surface area contributed by atoms with Crippen molar-refractivity contribution in [1.82, 2.24) is 0 Å². The quantitative estimate of drug-likeness (QED) is 0.601. The summed E-state index contributed by atoms with van der Waals surface area (Å²) in [4.78, 5) is 0. The molecule has 2 heteroatoms. The number of hydrogen-bond acceptors (Lipinski definition) is 2. The first kappa shape index (κ1) is 10.3. The Morgan fingerprint density at radius 1 is 1.55 bits per heavy atom. The van der Waals surface area contributed by atoms with Crippen LogP contribution in [-0.2, 0) is 0 Å². The van der Waals surface area contributed by atoms with Crippen LogP contribution in [0.4, 0.5) is 0 Å². The number of nitrogens with two attached hydrogens (primary N) is 2. The van der Waals surface area contributed by atoms with Crippen LogP contribution in [0, 0.1) is 5.92 Å². The maximum Gasteiger partial charge on any atom is 0.0368 e. The van der Waals surface area contributed by atoms with Crippen molar-refractivity contribution in [2.45, 2.75) is 32.7 Å². The molecule has 2 atom stereocenters. The van der Waals surface area contributed by atoms with E-state index in [-0.39, 0.29) is 6.04 Å². The van der Waals surface area contributed by atoms with Gasteiger partial charge in [0, 0.05) is 12.2 Å². The average molecular weight is 154 g/mol. The van der Waals surface area contributed by atoms with Gasteiger partial charge in [0.2, 0.25) is 0 Å². The molecule has 0 radical (unpaired) electrons. The number of rotatable bonds is 4. The van der Waals surface area contributed by atoms with Crippen LogP contribution in [0.3, 0.4) is 0 Å². The standard InChI is InChI=1S/C9H18N2/c1-3-8(2)7-9(11)5-4-6-10/h5-6,8-9H,3,7,10-11H2,1-2H3. The van der Waals surface area contributed by atoms with E-state index in [4.69, 9.17) is 11.5 Å². The van der Waals surface area contributed by atoms with Gasteiger partial charge in [-0.3, -0.25) is 0 Å². The van der Waals surface area contributed by atoms with Crippen LogP contribution in [0.2, 0.25) is 0 Å². The molecule has 0 aliphatic rings. The van der Waals surface area contributed by atoms with E-state index in [0.717, 1.165) is 6.42 Å². The molecule has 0 rings (SSSR count). The average Bonchev–Trinajstić information content (AvgIpc) is 2.00. The predicted octanol–water partition coefficient (Wildman–Crippen LogP) is 1.38. The zero-order valence-electron chi connectivity index (χ0n) is 7.38. The first-order valence-corrected chi connectivity index (χ1v) is 4.09. The van der Waals surface area contributed by atoms with Crippen LogP contribution < -0.4 is 11.5 Å². The summed E-state index contributed by atoms with van der Waals surface area (Å²) < 4.78 is 0. The topological polar surface area (TPSA) is 52.0 Å². The number of hydrogen-bond donors (Lipinski definition) is 2. The Hall–Kier alpha value is -0.720. The first-order chi connectivity index (χ1) is 5.20. The zero-order valence-corrected chi connectivity index (χ0v) is 7.38. The van der Waals surface area contributed by atoms with Crippen molar-refractivity contribution in [2.24, 2.45) is 17.4 Å². The smallest absolute Gasteiger partial charge is 0.0368 e. The molecule has 0 aromatic rings. The Morgan fingerprint density at radius 3 is 2.64 bits per heavy atom. The Bertz CT molecular complexity index is 146. The normalized spacial score (nSPS) is 14.8. The molecule has 0 spiro atoms. The molecule has 4 N–H and O–H groups in total. The fraction of sp³-hybridized carbons (Fsp3) is 0.667. The first-order valence-electron chi connectivity index (χ1n) is 4.09. The lowest BCUT2D eigenvalue weighted by Crippen LogP contribution is -2.19. The minimum absolute atomic E-state index is 0.102. The Balaban J connectivity index is 3.68. The third-order valence-electron chi connectivity index (χ3n) is 1.78. The third kappa shape index (κ3) is 5.71. The molecule has 11 heavy (non-hydrogen) atoms. The lowest BCUT2D eigenvalue weighted by molar-refractivity contribution is 0.488. The molecule has 2 unspecified atom stereocenters. The molecule has 0 saturated heterocycles. The molecule has 0 aromatic carbocycles. The molecule has 0 fully saturated rings. The predicted molar refractivity (Wildman–Crippen MR) is 48.9 cm³/mol. The summed E-state index contributed by atoms with van der Waals surface area (Å²) in [5, 5.41) is 0. The van der Waals surface area contributed by atoms with Crippen molar-refractivity contribution >= 4 is 0 Å². The largest absolute Gasteiger partial charge is 0.398 e. The van der Waals surface area contributed by atoms with Gasteiger partial charge in [-0.15, -0.1) is 5.73 Å². The van der Waals surface area contributed by atoms with Gasteiger partial charge in [-0.2, -0.15) is 0 Å². The van der Waals surface area contributed by atoms with Gasteiger partial charge in [0.1, 0.15) is 0 Å². The van der Waals surface area contributed by atoms with E-state index in [1.807, 2.05) is 6.08 Å². The highest BCUT2D eigenvalue weighted by molar-refractivity contribution is 4.90. The van der Waals surface area contributed by atoms with Crippen molar-refractivity contribution in [3.05, 3.63) is 18.0 Å². The second kappa shape index (κ2) is 6.02.